The summed E-state index contributed by atoms with van der Waals surface area (Å²) in [6.45, 7) is 6.73. The van der Waals surface area contributed by atoms with Gasteiger partial charge in [0.1, 0.15) is 4.90 Å². The van der Waals surface area contributed by atoms with Crippen LogP contribution < -0.4 is 0 Å². The third-order valence-electron chi connectivity index (χ3n) is 5.27. The number of piperidine rings is 2. The fourth-order valence-electron chi connectivity index (χ4n) is 4.09. The number of carbonyl (C=O) groups is 1. The van der Waals surface area contributed by atoms with E-state index in [1.165, 1.54) is 16.4 Å². The number of likely N-dealkylation sites (tertiary alicyclic amines) is 1. The van der Waals surface area contributed by atoms with Gasteiger partial charge in [-0.2, -0.15) is 4.31 Å². The third-order valence-corrected chi connectivity index (χ3v) is 7.65. The van der Waals surface area contributed by atoms with Crippen LogP contribution in [-0.2, 0) is 10.0 Å². The average molecular weight is 399 g/mol. The smallest absolute Gasteiger partial charge is 0.253 e. The van der Waals surface area contributed by atoms with Gasteiger partial charge in [0.25, 0.3) is 5.91 Å². The molecule has 2 aliphatic rings. The van der Waals surface area contributed by atoms with Gasteiger partial charge < -0.3 is 4.90 Å². The Bertz CT molecular complexity index is 765. The topological polar surface area (TPSA) is 57.7 Å². The lowest BCUT2D eigenvalue weighted by molar-refractivity contribution is 0.0623. The number of benzene rings is 1. The zero-order valence-corrected chi connectivity index (χ0v) is 17.0. The molecule has 144 valence electrons. The van der Waals surface area contributed by atoms with Gasteiger partial charge in [-0.05, 0) is 49.3 Å². The van der Waals surface area contributed by atoms with E-state index in [0.29, 0.717) is 43.6 Å². The average Bonchev–Trinajstić information content (AvgIpc) is 2.61. The second kappa shape index (κ2) is 7.87. The van der Waals surface area contributed by atoms with E-state index in [1.54, 1.807) is 6.07 Å². The molecule has 0 spiro atoms. The van der Waals surface area contributed by atoms with Crippen LogP contribution in [0.4, 0.5) is 0 Å². The number of halogens is 1. The first-order valence-electron chi connectivity index (χ1n) is 9.38. The summed E-state index contributed by atoms with van der Waals surface area (Å²) in [6, 6.07) is 4.62. The number of hydrogen-bond donors (Lipinski definition) is 0. The zero-order valence-electron chi connectivity index (χ0n) is 15.4. The van der Waals surface area contributed by atoms with Crippen molar-refractivity contribution in [2.24, 2.45) is 11.8 Å². The Morgan fingerprint density at radius 1 is 1.08 bits per heavy atom. The molecule has 1 aromatic carbocycles. The highest BCUT2D eigenvalue weighted by molar-refractivity contribution is 7.89. The van der Waals surface area contributed by atoms with Crippen LogP contribution in [0.5, 0.6) is 0 Å². The maximum atomic E-state index is 13.0. The highest BCUT2D eigenvalue weighted by Crippen LogP contribution is 2.29. The number of hydrogen-bond acceptors (Lipinski definition) is 3. The molecular weight excluding hydrogens is 372 g/mol. The summed E-state index contributed by atoms with van der Waals surface area (Å²) in [5.41, 5.74) is 0.395. The molecule has 2 fully saturated rings. The molecule has 2 saturated heterocycles. The molecule has 1 aromatic rings. The molecule has 2 heterocycles. The summed E-state index contributed by atoms with van der Waals surface area (Å²) in [5.74, 6) is 0.785. The van der Waals surface area contributed by atoms with Crippen molar-refractivity contribution < 1.29 is 13.2 Å². The van der Waals surface area contributed by atoms with Crippen LogP contribution in [0.25, 0.3) is 0 Å². The van der Waals surface area contributed by atoms with Gasteiger partial charge in [0.15, 0.2) is 0 Å². The molecule has 3 rings (SSSR count). The van der Waals surface area contributed by atoms with Gasteiger partial charge >= 0.3 is 0 Å². The fourth-order valence-corrected chi connectivity index (χ4v) is 6.11. The predicted octanol–water partition coefficient (Wildman–Crippen LogP) is 3.63. The van der Waals surface area contributed by atoms with Gasteiger partial charge in [0, 0.05) is 31.7 Å². The second-order valence-electron chi connectivity index (χ2n) is 7.77. The van der Waals surface area contributed by atoms with Gasteiger partial charge in [-0.15, -0.1) is 0 Å². The number of nitrogens with zero attached hydrogens (tertiary/aromatic N) is 2. The molecule has 0 unspecified atom stereocenters. The number of sulfonamides is 1. The standard InChI is InChI=1S/C19H27ClN2O3S/c1-14-10-15(2)13-21(12-14)19(23)16-6-7-17(20)18(11-16)26(24,25)22-8-4-3-5-9-22/h6-7,11,14-15H,3-5,8-10,12-13H2,1-2H3/t14-,15+. The molecule has 0 aliphatic carbocycles. The van der Waals surface area contributed by atoms with Crippen LogP contribution >= 0.6 is 11.6 Å². The zero-order chi connectivity index (χ0) is 18.9. The van der Waals surface area contributed by atoms with Crippen LogP contribution in [0.1, 0.15) is 49.9 Å². The van der Waals surface area contributed by atoms with E-state index in [0.717, 1.165) is 25.7 Å². The second-order valence-corrected chi connectivity index (χ2v) is 10.1. The third kappa shape index (κ3) is 4.07. The molecule has 0 bridgehead atoms. The lowest BCUT2D eigenvalue weighted by atomic mass is 9.91. The first-order chi connectivity index (χ1) is 12.3. The van der Waals surface area contributed by atoms with Crippen molar-refractivity contribution in [1.29, 1.82) is 0 Å². The lowest BCUT2D eigenvalue weighted by Gasteiger charge is -2.35. The summed E-state index contributed by atoms with van der Waals surface area (Å²) in [5, 5.41) is 0.174. The molecule has 26 heavy (non-hydrogen) atoms. The maximum absolute atomic E-state index is 13.0. The molecule has 2 atom stereocenters. The Morgan fingerprint density at radius 2 is 1.69 bits per heavy atom. The Morgan fingerprint density at radius 3 is 2.31 bits per heavy atom. The monoisotopic (exact) mass is 398 g/mol. The van der Waals surface area contributed by atoms with Gasteiger partial charge in [0.2, 0.25) is 10.0 Å². The van der Waals surface area contributed by atoms with E-state index in [9.17, 15) is 13.2 Å². The quantitative estimate of drug-likeness (QED) is 0.781. The number of rotatable bonds is 3. The first kappa shape index (κ1) is 19.6. The summed E-state index contributed by atoms with van der Waals surface area (Å²) < 4.78 is 27.4. The van der Waals surface area contributed by atoms with E-state index in [4.69, 9.17) is 11.6 Å². The molecule has 0 aromatic heterocycles. The normalized spacial score (nSPS) is 25.3. The van der Waals surface area contributed by atoms with E-state index in [1.807, 2.05) is 4.90 Å². The SMILES string of the molecule is C[C@@H]1C[C@H](C)CN(C(=O)c2ccc(Cl)c(S(=O)(=O)N3CCCCC3)c2)C1. The molecule has 0 saturated carbocycles. The van der Waals surface area contributed by atoms with Crippen molar-refractivity contribution in [3.05, 3.63) is 28.8 Å². The van der Waals surface area contributed by atoms with E-state index in [2.05, 4.69) is 13.8 Å². The largest absolute Gasteiger partial charge is 0.338 e. The number of carbonyl (C=O) groups excluding carboxylic acids is 1. The van der Waals surface area contributed by atoms with E-state index < -0.39 is 10.0 Å². The van der Waals surface area contributed by atoms with Crippen LogP contribution in [-0.4, -0.2) is 49.7 Å². The van der Waals surface area contributed by atoms with Crippen LogP contribution in [0.15, 0.2) is 23.1 Å². The van der Waals surface area contributed by atoms with E-state index in [-0.39, 0.29) is 15.8 Å². The summed E-state index contributed by atoms with van der Waals surface area (Å²) >= 11 is 6.21. The Hall–Kier alpha value is -1.11. The van der Waals surface area contributed by atoms with Crippen molar-refractivity contribution in [2.45, 2.75) is 44.4 Å². The minimum absolute atomic E-state index is 0.0463. The Balaban J connectivity index is 1.88. The van der Waals surface area contributed by atoms with Gasteiger partial charge in [-0.25, -0.2) is 8.42 Å². The molecule has 2 aliphatic heterocycles. The molecule has 7 heteroatoms. The molecule has 1 amide bonds. The van der Waals surface area contributed by atoms with Gasteiger partial charge in [-0.1, -0.05) is 31.9 Å². The molecule has 5 nitrogen and oxygen atoms in total. The van der Waals surface area contributed by atoms with E-state index >= 15 is 0 Å². The van der Waals surface area contributed by atoms with Crippen molar-refractivity contribution in [3.63, 3.8) is 0 Å². The van der Waals surface area contributed by atoms with Crippen LogP contribution in [0, 0.1) is 11.8 Å². The fraction of sp³-hybridized carbons (Fsp3) is 0.632. The maximum Gasteiger partial charge on any atom is 0.253 e. The van der Waals surface area contributed by atoms with Gasteiger partial charge in [0.05, 0.1) is 5.02 Å². The predicted molar refractivity (Wildman–Crippen MR) is 103 cm³/mol. The highest BCUT2D eigenvalue weighted by atomic mass is 35.5. The Labute approximate surface area is 161 Å². The molecule has 0 N–H and O–H groups in total. The highest BCUT2D eigenvalue weighted by Gasteiger charge is 2.30. The minimum Gasteiger partial charge on any atom is -0.338 e. The van der Waals surface area contributed by atoms with Crippen LogP contribution in [0.3, 0.4) is 0 Å². The van der Waals surface area contributed by atoms with Crippen LogP contribution in [0.2, 0.25) is 5.02 Å². The first-order valence-corrected chi connectivity index (χ1v) is 11.2. The molecular formula is C19H27ClN2O3S. The molecule has 0 radical (unpaired) electrons. The van der Waals surface area contributed by atoms with Crippen molar-refractivity contribution in [2.75, 3.05) is 26.2 Å². The Kier molecular flexibility index (Phi) is 5.94. The minimum atomic E-state index is -3.67. The summed E-state index contributed by atoms with van der Waals surface area (Å²) in [6.07, 6.45) is 3.88. The van der Waals surface area contributed by atoms with Crippen molar-refractivity contribution in [1.82, 2.24) is 9.21 Å². The summed E-state index contributed by atoms with van der Waals surface area (Å²) in [4.78, 5) is 14.8. The van der Waals surface area contributed by atoms with Crippen molar-refractivity contribution in [3.8, 4) is 0 Å². The number of amides is 1. The van der Waals surface area contributed by atoms with Gasteiger partial charge in [-0.3, -0.25) is 4.79 Å². The van der Waals surface area contributed by atoms with Crippen molar-refractivity contribution >= 4 is 27.5 Å². The summed E-state index contributed by atoms with van der Waals surface area (Å²) in [7, 11) is -3.67. The lowest BCUT2D eigenvalue weighted by Crippen LogP contribution is -2.42.